The van der Waals surface area contributed by atoms with Gasteiger partial charge in [-0.1, -0.05) is 57.2 Å². The minimum absolute atomic E-state index is 0.322. The summed E-state index contributed by atoms with van der Waals surface area (Å²) in [5.74, 6) is 1.59. The van der Waals surface area contributed by atoms with Gasteiger partial charge in [0.2, 0.25) is 11.8 Å². The number of amides is 2. The first-order valence-electron chi connectivity index (χ1n) is 16.7. The highest BCUT2D eigenvalue weighted by Crippen LogP contribution is 2.40. The maximum absolute atomic E-state index is 13.5. The van der Waals surface area contributed by atoms with Crippen molar-refractivity contribution in [1.29, 1.82) is 5.41 Å². The molecule has 12 nitrogen and oxygen atoms in total. The van der Waals surface area contributed by atoms with E-state index in [1.54, 1.807) is 50.0 Å². The molecule has 0 saturated heterocycles. The molecule has 52 heavy (non-hydrogen) atoms. The maximum atomic E-state index is 13.5. The van der Waals surface area contributed by atoms with Crippen molar-refractivity contribution in [3.8, 4) is 11.6 Å². The number of hydrogen-bond donors (Lipinski definition) is 6. The lowest BCUT2D eigenvalue weighted by Crippen LogP contribution is -2.32. The third-order valence-corrected chi connectivity index (χ3v) is 9.22. The number of H-pyrrole nitrogens is 1. The molecule has 0 aliphatic heterocycles. The number of allylic oxidation sites excluding steroid dienone is 1. The zero-order valence-corrected chi connectivity index (χ0v) is 30.9. The Balaban J connectivity index is 1.20. The van der Waals surface area contributed by atoms with E-state index < -0.39 is 18.6 Å². The topological polar surface area (TPSA) is 170 Å². The quantitative estimate of drug-likeness (QED) is 0.0569. The van der Waals surface area contributed by atoms with Gasteiger partial charge >= 0.3 is 6.03 Å². The summed E-state index contributed by atoms with van der Waals surface area (Å²) in [5, 5.41) is 30.6. The molecule has 0 unspecified atom stereocenters. The fourth-order valence-electron chi connectivity index (χ4n) is 5.56. The first-order chi connectivity index (χ1) is 24.7. The van der Waals surface area contributed by atoms with Crippen LogP contribution in [0, 0.1) is 17.7 Å². The predicted octanol–water partition coefficient (Wildman–Crippen LogP) is 9.61. The van der Waals surface area contributed by atoms with Crippen molar-refractivity contribution < 1.29 is 14.1 Å². The first kappa shape index (κ1) is 35.8. The lowest BCUT2D eigenvalue weighted by Gasteiger charge is -2.20. The summed E-state index contributed by atoms with van der Waals surface area (Å²) in [7, 11) is -2.29. The van der Waals surface area contributed by atoms with Crippen LogP contribution in [0.5, 0.6) is 11.6 Å². The van der Waals surface area contributed by atoms with Crippen LogP contribution in [-0.4, -0.2) is 45.2 Å². The van der Waals surface area contributed by atoms with E-state index in [-0.39, 0.29) is 0 Å². The third-order valence-electron chi connectivity index (χ3n) is 8.09. The molecular formula is C39H42N9O3P. The van der Waals surface area contributed by atoms with Gasteiger partial charge in [-0.25, -0.2) is 9.78 Å². The van der Waals surface area contributed by atoms with Gasteiger partial charge in [-0.15, -0.1) is 0 Å². The molecule has 0 aliphatic rings. The number of nitrogens with zero attached hydrogens (tertiary/aromatic N) is 3. The van der Waals surface area contributed by atoms with E-state index in [1.807, 2.05) is 88.4 Å². The normalized spacial score (nSPS) is 12.1. The first-order valence-corrected chi connectivity index (χ1v) is 19.5. The zero-order chi connectivity index (χ0) is 37.0. The molecule has 0 atom stereocenters. The summed E-state index contributed by atoms with van der Waals surface area (Å²) in [6.45, 7) is 11.3. The Morgan fingerprint density at radius 1 is 0.962 bits per heavy atom. The Kier molecular flexibility index (Phi) is 10.1. The van der Waals surface area contributed by atoms with Crippen LogP contribution < -0.4 is 26.0 Å². The number of rotatable bonds is 11. The van der Waals surface area contributed by atoms with Crippen LogP contribution in [0.2, 0.25) is 0 Å². The standard InChI is InChI=1S/C39H42N9O3P/c1-24-18-28(20-26-22-42-48-36(24)26)44-37-41-17-16-35(47-37)51-32-15-14-31(29-12-7-8-13-30(29)32)45-38(49)46-34(21-33(40)39(2,3)4)43-27-11-9-10-25(19-27)23-52(5,6)50/h7-22,40,43H,23H2,1-6H3,(H,42,48)(H,41,44,47)(H2,45,46,49)/b34-21+,40-33?. The molecule has 4 aromatic carbocycles. The summed E-state index contributed by atoms with van der Waals surface area (Å²) < 4.78 is 18.7. The maximum Gasteiger partial charge on any atom is 0.324 e. The fraction of sp³-hybridized carbons (Fsp3) is 0.205. The van der Waals surface area contributed by atoms with Gasteiger partial charge in [0, 0.05) is 63.2 Å². The van der Waals surface area contributed by atoms with Crippen LogP contribution in [0.4, 0.5) is 27.8 Å². The average molecular weight is 716 g/mol. The van der Waals surface area contributed by atoms with Crippen LogP contribution in [0.3, 0.4) is 0 Å². The number of ether oxygens (including phenoxy) is 1. The molecular weight excluding hydrogens is 673 g/mol. The zero-order valence-electron chi connectivity index (χ0n) is 30.0. The lowest BCUT2D eigenvalue weighted by molar-refractivity contribution is 0.254. The smallest absolute Gasteiger partial charge is 0.324 e. The second-order valence-electron chi connectivity index (χ2n) is 14.1. The molecule has 2 heterocycles. The van der Waals surface area contributed by atoms with Gasteiger partial charge in [0.1, 0.15) is 11.6 Å². The largest absolute Gasteiger partial charge is 0.438 e. The van der Waals surface area contributed by atoms with E-state index >= 15 is 0 Å². The highest BCUT2D eigenvalue weighted by Gasteiger charge is 2.18. The summed E-state index contributed by atoms with van der Waals surface area (Å²) in [6, 6.07) is 23.8. The number of aromatic nitrogens is 4. The number of fused-ring (bicyclic) bond motifs is 2. The Bertz CT molecular complexity index is 2370. The lowest BCUT2D eigenvalue weighted by atomic mass is 9.90. The molecule has 6 rings (SSSR count). The van der Waals surface area contributed by atoms with Gasteiger partial charge in [-0.3, -0.25) is 10.4 Å². The van der Waals surface area contributed by atoms with Crippen LogP contribution in [-0.2, 0) is 10.7 Å². The van der Waals surface area contributed by atoms with E-state index in [0.717, 1.165) is 38.5 Å². The highest BCUT2D eigenvalue weighted by molar-refractivity contribution is 7.61. The molecule has 0 radical (unpaired) electrons. The van der Waals surface area contributed by atoms with Crippen molar-refractivity contribution in [3.05, 3.63) is 114 Å². The van der Waals surface area contributed by atoms with Crippen molar-refractivity contribution in [1.82, 2.24) is 25.5 Å². The van der Waals surface area contributed by atoms with Crippen LogP contribution in [0.15, 0.2) is 103 Å². The van der Waals surface area contributed by atoms with Crippen molar-refractivity contribution in [3.63, 3.8) is 0 Å². The predicted molar refractivity (Wildman–Crippen MR) is 211 cm³/mol. The molecule has 0 spiro atoms. The van der Waals surface area contributed by atoms with Gasteiger partial charge in [-0.2, -0.15) is 10.1 Å². The number of aromatic amines is 1. The number of hydrogen-bond acceptors (Lipinski definition) is 9. The second-order valence-corrected chi connectivity index (χ2v) is 17.6. The van der Waals surface area contributed by atoms with E-state index in [9.17, 15) is 9.36 Å². The molecule has 6 N–H and O–H groups in total. The van der Waals surface area contributed by atoms with Crippen LogP contribution >= 0.6 is 7.14 Å². The van der Waals surface area contributed by atoms with Gasteiger partial charge in [0.25, 0.3) is 0 Å². The van der Waals surface area contributed by atoms with Crippen LogP contribution in [0.1, 0.15) is 31.9 Å². The Morgan fingerprint density at radius 2 is 1.75 bits per heavy atom. The SMILES string of the molecule is Cc1cc(Nc2nccc(Oc3ccc(NC(=O)N/C(=C/C(=N)C(C)(C)C)Nc4cccc(CP(C)(C)=O)c4)c4ccccc34)n2)cc2cn[nH]c12. The van der Waals surface area contributed by atoms with E-state index in [0.29, 0.717) is 46.6 Å². The summed E-state index contributed by atoms with van der Waals surface area (Å²) in [5.41, 5.74) is 4.88. The number of aryl methyl sites for hydroxylation is 1. The van der Waals surface area contributed by atoms with Crippen LogP contribution in [0.25, 0.3) is 21.7 Å². The molecule has 2 aromatic heterocycles. The number of carbonyl (C=O) groups is 1. The minimum Gasteiger partial charge on any atom is -0.438 e. The molecule has 13 heteroatoms. The van der Waals surface area contributed by atoms with Gasteiger partial charge in [0.05, 0.1) is 24.5 Å². The van der Waals surface area contributed by atoms with Gasteiger partial charge < -0.3 is 30.7 Å². The minimum atomic E-state index is -2.29. The summed E-state index contributed by atoms with van der Waals surface area (Å²) >= 11 is 0. The van der Waals surface area contributed by atoms with E-state index in [1.165, 1.54) is 0 Å². The summed E-state index contributed by atoms with van der Waals surface area (Å²) in [6.07, 6.45) is 5.45. The molecule has 266 valence electrons. The summed E-state index contributed by atoms with van der Waals surface area (Å²) in [4.78, 5) is 22.5. The number of carbonyl (C=O) groups excluding carboxylic acids is 1. The molecule has 0 bridgehead atoms. The Labute approximate surface area is 302 Å². The van der Waals surface area contributed by atoms with Crippen molar-refractivity contribution in [2.45, 2.75) is 33.9 Å². The Morgan fingerprint density at radius 3 is 2.52 bits per heavy atom. The number of nitrogens with one attached hydrogen (secondary N) is 6. The van der Waals surface area contributed by atoms with Crippen molar-refractivity contribution in [2.75, 3.05) is 29.3 Å². The molecule has 0 aliphatic carbocycles. The van der Waals surface area contributed by atoms with Gasteiger partial charge in [0.15, 0.2) is 0 Å². The molecule has 0 saturated carbocycles. The van der Waals surface area contributed by atoms with Crippen molar-refractivity contribution >= 4 is 63.6 Å². The third kappa shape index (κ3) is 9.01. The fourth-order valence-corrected chi connectivity index (χ4v) is 6.64. The van der Waals surface area contributed by atoms with E-state index in [2.05, 4.69) is 41.4 Å². The molecule has 6 aromatic rings. The average Bonchev–Trinajstić information content (AvgIpc) is 3.54. The number of anilines is 4. The van der Waals surface area contributed by atoms with Gasteiger partial charge in [-0.05, 0) is 67.8 Å². The van der Waals surface area contributed by atoms with Crippen molar-refractivity contribution in [2.24, 2.45) is 5.41 Å². The van der Waals surface area contributed by atoms with E-state index in [4.69, 9.17) is 10.1 Å². The monoisotopic (exact) mass is 715 g/mol. The Hall–Kier alpha value is -6.00. The highest BCUT2D eigenvalue weighted by atomic mass is 31.2. The number of benzene rings is 4. The molecule has 2 amide bonds. The number of urea groups is 1. The molecule has 0 fully saturated rings. The second kappa shape index (κ2) is 14.7.